The zero-order chi connectivity index (χ0) is 12.3. The molecule has 0 radical (unpaired) electrons. The Balaban J connectivity index is 3.89. The van der Waals surface area contributed by atoms with Crippen LogP contribution in [0.5, 0.6) is 0 Å². The predicted octanol–water partition coefficient (Wildman–Crippen LogP) is 3.93. The minimum Gasteiger partial charge on any atom is -0.310 e. The Bertz CT molecular complexity index is 176. The van der Waals surface area contributed by atoms with Crippen molar-refractivity contribution < 1.29 is 0 Å². The summed E-state index contributed by atoms with van der Waals surface area (Å²) < 4.78 is 0.376. The maximum atomic E-state index is 3.67. The molecule has 0 aliphatic carbocycles. The normalized spacial score (nSPS) is 17.6. The Hall–Kier alpha value is 0.310. The molecule has 0 bridgehead atoms. The zero-order valence-corrected chi connectivity index (χ0v) is 12.6. The number of hydrogen-bond donors (Lipinski definition) is 1. The highest BCUT2D eigenvalue weighted by atomic mass is 32.2. The topological polar surface area (TPSA) is 12.0 Å². The Morgan fingerprint density at radius 3 is 1.80 bits per heavy atom. The highest BCUT2D eigenvalue weighted by Crippen LogP contribution is 2.24. The fourth-order valence-corrected chi connectivity index (χ4v) is 1.95. The van der Waals surface area contributed by atoms with Gasteiger partial charge in [-0.3, -0.25) is 0 Å². The number of hydrogen-bond acceptors (Lipinski definition) is 2. The number of nitrogens with one attached hydrogen (secondary N) is 1. The first-order valence-electron chi connectivity index (χ1n) is 5.92. The van der Waals surface area contributed by atoms with Crippen molar-refractivity contribution >= 4 is 11.8 Å². The zero-order valence-electron chi connectivity index (χ0n) is 11.8. The van der Waals surface area contributed by atoms with Crippen LogP contribution in [-0.2, 0) is 0 Å². The molecule has 92 valence electrons. The molecular weight excluding hydrogens is 202 g/mol. The minimum absolute atomic E-state index is 0.348. The van der Waals surface area contributed by atoms with E-state index < -0.39 is 0 Å². The van der Waals surface area contributed by atoms with Crippen molar-refractivity contribution in [3.8, 4) is 0 Å². The molecule has 1 nitrogen and oxygen atoms in total. The lowest BCUT2D eigenvalue weighted by atomic mass is 9.88. The molecule has 0 aromatic rings. The van der Waals surface area contributed by atoms with Crippen LogP contribution in [0.2, 0.25) is 0 Å². The van der Waals surface area contributed by atoms with Crippen LogP contribution in [0.25, 0.3) is 0 Å². The fraction of sp³-hybridized carbons (Fsp3) is 1.00. The van der Waals surface area contributed by atoms with E-state index in [0.717, 1.165) is 0 Å². The van der Waals surface area contributed by atoms with Crippen LogP contribution in [-0.4, -0.2) is 22.6 Å². The lowest BCUT2D eigenvalue weighted by molar-refractivity contribution is 0.273. The van der Waals surface area contributed by atoms with E-state index in [-0.39, 0.29) is 0 Å². The molecule has 0 spiro atoms. The molecule has 0 heterocycles. The predicted molar refractivity (Wildman–Crippen MR) is 73.7 cm³/mol. The van der Waals surface area contributed by atoms with Crippen molar-refractivity contribution in [3.63, 3.8) is 0 Å². The maximum absolute atomic E-state index is 3.67. The Kier molecular flexibility index (Phi) is 5.70. The third-order valence-corrected chi connectivity index (χ3v) is 4.13. The molecule has 2 atom stereocenters. The Labute approximate surface area is 101 Å². The molecule has 2 heteroatoms. The molecule has 0 fully saturated rings. The van der Waals surface area contributed by atoms with E-state index in [4.69, 9.17) is 0 Å². The van der Waals surface area contributed by atoms with Crippen LogP contribution >= 0.6 is 11.8 Å². The van der Waals surface area contributed by atoms with Crippen molar-refractivity contribution in [2.45, 2.75) is 72.2 Å². The van der Waals surface area contributed by atoms with E-state index in [1.54, 1.807) is 0 Å². The summed E-state index contributed by atoms with van der Waals surface area (Å²) in [7, 11) is 0. The van der Waals surface area contributed by atoms with Crippen LogP contribution in [0.3, 0.4) is 0 Å². The highest BCUT2D eigenvalue weighted by molar-refractivity contribution is 8.00. The van der Waals surface area contributed by atoms with E-state index in [1.807, 2.05) is 11.8 Å². The van der Waals surface area contributed by atoms with Gasteiger partial charge in [-0.2, -0.15) is 11.8 Å². The van der Waals surface area contributed by atoms with E-state index >= 15 is 0 Å². The number of thioether (sulfide) groups is 1. The van der Waals surface area contributed by atoms with E-state index in [1.165, 1.54) is 5.75 Å². The molecule has 0 aliphatic heterocycles. The largest absolute Gasteiger partial charge is 0.310 e. The van der Waals surface area contributed by atoms with Crippen molar-refractivity contribution in [1.29, 1.82) is 0 Å². The second-order valence-corrected chi connectivity index (χ2v) is 8.43. The third-order valence-electron chi connectivity index (χ3n) is 2.60. The summed E-state index contributed by atoms with van der Waals surface area (Å²) in [6.07, 6.45) is 0. The fourth-order valence-electron chi connectivity index (χ4n) is 1.10. The van der Waals surface area contributed by atoms with Crippen molar-refractivity contribution in [3.05, 3.63) is 0 Å². The van der Waals surface area contributed by atoms with Crippen LogP contribution in [0.4, 0.5) is 0 Å². The molecule has 0 aromatic heterocycles. The van der Waals surface area contributed by atoms with Gasteiger partial charge in [0, 0.05) is 22.6 Å². The van der Waals surface area contributed by atoms with E-state index in [9.17, 15) is 0 Å². The van der Waals surface area contributed by atoms with Crippen molar-refractivity contribution in [1.82, 2.24) is 5.32 Å². The first-order chi connectivity index (χ1) is 6.52. The lowest BCUT2D eigenvalue weighted by Crippen LogP contribution is -2.44. The molecule has 1 N–H and O–H groups in total. The smallest absolute Gasteiger partial charge is 0.0132 e. The standard InChI is InChI=1S/C13H29NS/c1-10(9-15-13(6,7)8)14-11(2)12(3,4)5/h10-11,14H,9H2,1-8H3. The van der Waals surface area contributed by atoms with Gasteiger partial charge in [0.2, 0.25) is 0 Å². The molecule has 0 aromatic carbocycles. The van der Waals surface area contributed by atoms with Gasteiger partial charge in [0.15, 0.2) is 0 Å². The van der Waals surface area contributed by atoms with Crippen molar-refractivity contribution in [2.75, 3.05) is 5.75 Å². The minimum atomic E-state index is 0.348. The van der Waals surface area contributed by atoms with Crippen LogP contribution in [0.15, 0.2) is 0 Å². The summed E-state index contributed by atoms with van der Waals surface area (Å²) >= 11 is 2.03. The van der Waals surface area contributed by atoms with Gasteiger partial charge >= 0.3 is 0 Å². The molecular formula is C13H29NS. The van der Waals surface area contributed by atoms with Gasteiger partial charge in [0.1, 0.15) is 0 Å². The Morgan fingerprint density at radius 2 is 1.47 bits per heavy atom. The lowest BCUT2D eigenvalue weighted by Gasteiger charge is -2.32. The van der Waals surface area contributed by atoms with Gasteiger partial charge in [-0.05, 0) is 19.3 Å². The quantitative estimate of drug-likeness (QED) is 0.787. The molecule has 0 amide bonds. The van der Waals surface area contributed by atoms with Crippen molar-refractivity contribution in [2.24, 2.45) is 5.41 Å². The summed E-state index contributed by atoms with van der Waals surface area (Å²) in [6, 6.07) is 1.15. The monoisotopic (exact) mass is 231 g/mol. The molecule has 2 unspecified atom stereocenters. The third kappa shape index (κ3) is 8.15. The Morgan fingerprint density at radius 1 is 1.00 bits per heavy atom. The van der Waals surface area contributed by atoms with Gasteiger partial charge in [0.25, 0.3) is 0 Å². The summed E-state index contributed by atoms with van der Waals surface area (Å²) in [6.45, 7) is 18.2. The average Bonchev–Trinajstić information content (AvgIpc) is 1.97. The molecule has 0 aliphatic rings. The van der Waals surface area contributed by atoms with Crippen LogP contribution < -0.4 is 5.32 Å². The molecule has 0 saturated heterocycles. The van der Waals surface area contributed by atoms with Crippen LogP contribution in [0, 0.1) is 5.41 Å². The SMILES string of the molecule is CC(CSC(C)(C)C)NC(C)C(C)(C)C. The van der Waals surface area contributed by atoms with Gasteiger partial charge in [-0.25, -0.2) is 0 Å². The second kappa shape index (κ2) is 5.58. The van der Waals surface area contributed by atoms with Crippen LogP contribution in [0.1, 0.15) is 55.4 Å². The van der Waals surface area contributed by atoms with Gasteiger partial charge in [-0.1, -0.05) is 41.5 Å². The average molecular weight is 231 g/mol. The molecule has 0 saturated carbocycles. The summed E-state index contributed by atoms with van der Waals surface area (Å²) in [5.74, 6) is 1.18. The first-order valence-corrected chi connectivity index (χ1v) is 6.91. The summed E-state index contributed by atoms with van der Waals surface area (Å²) in [5, 5.41) is 3.67. The molecule has 15 heavy (non-hydrogen) atoms. The second-order valence-electron chi connectivity index (χ2n) is 6.58. The summed E-state index contributed by atoms with van der Waals surface area (Å²) in [5.41, 5.74) is 0.348. The number of rotatable bonds is 4. The summed E-state index contributed by atoms with van der Waals surface area (Å²) in [4.78, 5) is 0. The van der Waals surface area contributed by atoms with Gasteiger partial charge in [-0.15, -0.1) is 0 Å². The van der Waals surface area contributed by atoms with E-state index in [2.05, 4.69) is 60.7 Å². The highest BCUT2D eigenvalue weighted by Gasteiger charge is 2.22. The molecule has 0 rings (SSSR count). The van der Waals surface area contributed by atoms with E-state index in [0.29, 0.717) is 22.2 Å². The maximum Gasteiger partial charge on any atom is 0.0132 e. The first kappa shape index (κ1) is 15.3. The van der Waals surface area contributed by atoms with Gasteiger partial charge in [0.05, 0.1) is 0 Å². The van der Waals surface area contributed by atoms with Gasteiger partial charge < -0.3 is 5.32 Å².